The molecule has 152 valence electrons. The van der Waals surface area contributed by atoms with E-state index >= 15 is 0 Å². The normalized spacial score (nSPS) is 18.3. The summed E-state index contributed by atoms with van der Waals surface area (Å²) in [4.78, 5) is 4.43. The molecule has 1 aliphatic rings. The van der Waals surface area contributed by atoms with Gasteiger partial charge in [0, 0.05) is 42.1 Å². The molecule has 2 heterocycles. The number of sulfonamides is 1. The van der Waals surface area contributed by atoms with E-state index in [1.165, 1.54) is 6.07 Å². The van der Waals surface area contributed by atoms with Crippen LogP contribution in [0.25, 0.3) is 0 Å². The van der Waals surface area contributed by atoms with Crippen molar-refractivity contribution in [2.24, 2.45) is 0 Å². The Morgan fingerprint density at radius 3 is 2.32 bits per heavy atom. The fourth-order valence-electron chi connectivity index (χ4n) is 3.39. The van der Waals surface area contributed by atoms with Crippen molar-refractivity contribution in [3.05, 3.63) is 53.3 Å². The minimum atomic E-state index is -4.86. The molecule has 1 aromatic heterocycles. The summed E-state index contributed by atoms with van der Waals surface area (Å²) in [6.45, 7) is 4.08. The van der Waals surface area contributed by atoms with Crippen LogP contribution in [0.1, 0.15) is 19.5 Å². The van der Waals surface area contributed by atoms with E-state index in [0.29, 0.717) is 18.1 Å². The van der Waals surface area contributed by atoms with Crippen molar-refractivity contribution in [3.63, 3.8) is 0 Å². The first-order valence-corrected chi connectivity index (χ1v) is 10.3. The smallest absolute Gasteiger partial charge is 0.368 e. The maximum Gasteiger partial charge on any atom is 0.434 e. The Labute approximate surface area is 166 Å². The summed E-state index contributed by atoms with van der Waals surface area (Å²) >= 11 is 5.91. The Balaban J connectivity index is 1.94. The molecule has 0 bridgehead atoms. The lowest BCUT2D eigenvalue weighted by Crippen LogP contribution is -2.61. The number of hydrogen-bond acceptors (Lipinski definition) is 4. The molecule has 5 nitrogen and oxygen atoms in total. The van der Waals surface area contributed by atoms with E-state index in [9.17, 15) is 21.6 Å². The van der Waals surface area contributed by atoms with Crippen LogP contribution in [0.3, 0.4) is 0 Å². The molecule has 1 fully saturated rings. The van der Waals surface area contributed by atoms with E-state index in [2.05, 4.69) is 4.98 Å². The van der Waals surface area contributed by atoms with Crippen molar-refractivity contribution in [1.82, 2.24) is 9.29 Å². The quantitative estimate of drug-likeness (QED) is 0.733. The standard InChI is InChI=1S/C18H19ClF3N3O2S/c1-17(2)12-24(14-7-5-13(19)6-8-14)10-11-25(17)28(26,27)15-4-3-9-23-16(15)18(20,21)22/h3-9H,10-12H2,1-2H3. The van der Waals surface area contributed by atoms with E-state index in [0.717, 1.165) is 22.3 Å². The Morgan fingerprint density at radius 1 is 1.11 bits per heavy atom. The second kappa shape index (κ2) is 7.20. The first kappa shape index (κ1) is 20.9. The Kier molecular flexibility index (Phi) is 5.37. The van der Waals surface area contributed by atoms with Crippen LogP contribution >= 0.6 is 11.6 Å². The lowest BCUT2D eigenvalue weighted by Gasteiger charge is -2.47. The number of anilines is 1. The Hall–Kier alpha value is -1.84. The van der Waals surface area contributed by atoms with Gasteiger partial charge in [0.05, 0.1) is 0 Å². The minimum Gasteiger partial charge on any atom is -0.368 e. The topological polar surface area (TPSA) is 53.5 Å². The van der Waals surface area contributed by atoms with E-state index < -0.39 is 32.3 Å². The molecule has 0 amide bonds. The van der Waals surface area contributed by atoms with Crippen LogP contribution < -0.4 is 4.90 Å². The molecule has 10 heteroatoms. The summed E-state index contributed by atoms with van der Waals surface area (Å²) in [5.41, 5.74) is -1.46. The van der Waals surface area contributed by atoms with Crippen molar-refractivity contribution in [1.29, 1.82) is 0 Å². The molecule has 0 N–H and O–H groups in total. The average molecular weight is 434 g/mol. The molecule has 0 aliphatic carbocycles. The van der Waals surface area contributed by atoms with Crippen LogP contribution in [0, 0.1) is 0 Å². The third kappa shape index (κ3) is 3.97. The highest BCUT2D eigenvalue weighted by atomic mass is 35.5. The number of pyridine rings is 1. The van der Waals surface area contributed by atoms with Crippen LogP contribution in [0.2, 0.25) is 5.02 Å². The maximum absolute atomic E-state index is 13.3. The van der Waals surface area contributed by atoms with Gasteiger partial charge in [0.25, 0.3) is 0 Å². The molecule has 1 aromatic carbocycles. The third-order valence-electron chi connectivity index (χ3n) is 4.62. The van der Waals surface area contributed by atoms with Gasteiger partial charge in [0.15, 0.2) is 5.69 Å². The molecule has 0 unspecified atom stereocenters. The van der Waals surface area contributed by atoms with Gasteiger partial charge in [0.1, 0.15) is 4.90 Å². The zero-order valence-electron chi connectivity index (χ0n) is 15.2. The number of rotatable bonds is 3. The van der Waals surface area contributed by atoms with Crippen LogP contribution in [0.15, 0.2) is 47.5 Å². The Morgan fingerprint density at radius 2 is 1.75 bits per heavy atom. The monoisotopic (exact) mass is 433 g/mol. The van der Waals surface area contributed by atoms with E-state index in [1.807, 2.05) is 17.0 Å². The fraction of sp³-hybridized carbons (Fsp3) is 0.389. The predicted molar refractivity (Wildman–Crippen MR) is 101 cm³/mol. The van der Waals surface area contributed by atoms with Gasteiger partial charge >= 0.3 is 6.18 Å². The van der Waals surface area contributed by atoms with Gasteiger partial charge in [-0.1, -0.05) is 11.6 Å². The Bertz CT molecular complexity index is 963. The van der Waals surface area contributed by atoms with Gasteiger partial charge in [0.2, 0.25) is 10.0 Å². The fourth-order valence-corrected chi connectivity index (χ4v) is 5.44. The van der Waals surface area contributed by atoms with Crippen LogP contribution in [0.5, 0.6) is 0 Å². The SMILES string of the molecule is CC1(C)CN(c2ccc(Cl)cc2)CCN1S(=O)(=O)c1cccnc1C(F)(F)F. The lowest BCUT2D eigenvalue weighted by atomic mass is 10.0. The van der Waals surface area contributed by atoms with Crippen LogP contribution in [0.4, 0.5) is 18.9 Å². The van der Waals surface area contributed by atoms with Crippen molar-refractivity contribution in [2.75, 3.05) is 24.5 Å². The first-order valence-electron chi connectivity index (χ1n) is 8.48. The minimum absolute atomic E-state index is 0.0458. The first-order chi connectivity index (χ1) is 12.9. The molecular formula is C18H19ClF3N3O2S. The zero-order valence-corrected chi connectivity index (χ0v) is 16.8. The van der Waals surface area contributed by atoms with Crippen LogP contribution in [-0.2, 0) is 16.2 Å². The summed E-state index contributed by atoms with van der Waals surface area (Å²) < 4.78 is 67.2. The molecule has 3 rings (SSSR count). The molecule has 1 aliphatic heterocycles. The van der Waals surface area contributed by atoms with E-state index in [-0.39, 0.29) is 6.54 Å². The summed E-state index contributed by atoms with van der Waals surface area (Å²) in [5.74, 6) is 0. The average Bonchev–Trinajstić information content (AvgIpc) is 2.60. The van der Waals surface area contributed by atoms with Crippen LogP contribution in [-0.4, -0.2) is 42.9 Å². The largest absolute Gasteiger partial charge is 0.434 e. The number of alkyl halides is 3. The highest BCUT2D eigenvalue weighted by Crippen LogP contribution is 2.36. The number of hydrogen-bond donors (Lipinski definition) is 0. The molecule has 0 atom stereocenters. The third-order valence-corrected chi connectivity index (χ3v) is 7.02. The highest BCUT2D eigenvalue weighted by molar-refractivity contribution is 7.89. The van der Waals surface area contributed by atoms with Gasteiger partial charge in [-0.15, -0.1) is 0 Å². The van der Waals surface area contributed by atoms with Gasteiger partial charge in [-0.05, 0) is 50.2 Å². The number of nitrogens with zero attached hydrogens (tertiary/aromatic N) is 3. The second-order valence-corrected chi connectivity index (χ2v) is 9.40. The molecule has 0 radical (unpaired) electrons. The molecule has 0 spiro atoms. The zero-order chi connectivity index (χ0) is 20.7. The van der Waals surface area contributed by atoms with Gasteiger partial charge in [-0.25, -0.2) is 8.42 Å². The van der Waals surface area contributed by atoms with Gasteiger partial charge in [-0.2, -0.15) is 17.5 Å². The number of piperazine rings is 1. The van der Waals surface area contributed by atoms with Crippen molar-refractivity contribution in [2.45, 2.75) is 30.5 Å². The van der Waals surface area contributed by atoms with Gasteiger partial charge < -0.3 is 4.90 Å². The summed E-state index contributed by atoms with van der Waals surface area (Å²) in [5, 5.41) is 0.584. The number of aromatic nitrogens is 1. The number of halogens is 4. The molecule has 2 aromatic rings. The number of benzene rings is 1. The van der Waals surface area contributed by atoms with Crippen molar-refractivity contribution < 1.29 is 21.6 Å². The maximum atomic E-state index is 13.3. The van der Waals surface area contributed by atoms with Crippen molar-refractivity contribution >= 4 is 27.3 Å². The summed E-state index contributed by atoms with van der Waals surface area (Å²) in [6, 6.07) is 9.26. The van der Waals surface area contributed by atoms with E-state index in [1.54, 1.807) is 26.0 Å². The van der Waals surface area contributed by atoms with Crippen molar-refractivity contribution in [3.8, 4) is 0 Å². The van der Waals surface area contributed by atoms with E-state index in [4.69, 9.17) is 11.6 Å². The molecule has 1 saturated heterocycles. The summed E-state index contributed by atoms with van der Waals surface area (Å²) in [6.07, 6.45) is -3.93. The molecule has 28 heavy (non-hydrogen) atoms. The lowest BCUT2D eigenvalue weighted by molar-refractivity contribution is -0.143. The predicted octanol–water partition coefficient (Wildman–Crippen LogP) is 4.04. The second-order valence-electron chi connectivity index (χ2n) is 7.14. The van der Waals surface area contributed by atoms with Gasteiger partial charge in [-0.3, -0.25) is 4.98 Å². The molecular weight excluding hydrogens is 415 g/mol. The molecule has 0 saturated carbocycles. The summed E-state index contributed by atoms with van der Waals surface area (Å²) in [7, 11) is -4.39. The highest BCUT2D eigenvalue weighted by Gasteiger charge is 2.46.